The van der Waals surface area contributed by atoms with Gasteiger partial charge in [0.2, 0.25) is 10.0 Å². The number of nitrogens with one attached hydrogen (secondary N) is 1. The normalized spacial score (nSPS) is 22.5. The number of anilines is 1. The summed E-state index contributed by atoms with van der Waals surface area (Å²) in [5.74, 6) is -1.07. The van der Waals surface area contributed by atoms with Gasteiger partial charge in [0.25, 0.3) is 0 Å². The Balaban J connectivity index is 2.19. The van der Waals surface area contributed by atoms with Gasteiger partial charge in [0, 0.05) is 10.7 Å². The number of rotatable bonds is 4. The average molecular weight is 318 g/mol. The van der Waals surface area contributed by atoms with E-state index in [1.807, 2.05) is 0 Å². The van der Waals surface area contributed by atoms with Gasteiger partial charge >= 0.3 is 5.97 Å². The summed E-state index contributed by atoms with van der Waals surface area (Å²) in [6.07, 6.45) is 1.68. The minimum atomic E-state index is -3.64. The van der Waals surface area contributed by atoms with Crippen molar-refractivity contribution in [2.75, 3.05) is 11.8 Å². The zero-order chi connectivity index (χ0) is 14.8. The van der Waals surface area contributed by atoms with E-state index in [4.69, 9.17) is 11.6 Å². The van der Waals surface area contributed by atoms with Crippen molar-refractivity contribution in [1.82, 2.24) is 0 Å². The lowest BCUT2D eigenvalue weighted by molar-refractivity contribution is -0.145. The molecule has 7 heteroatoms. The van der Waals surface area contributed by atoms with Crippen LogP contribution in [0.4, 0.5) is 5.69 Å². The van der Waals surface area contributed by atoms with Crippen molar-refractivity contribution in [2.24, 2.45) is 5.92 Å². The molecular weight excluding hydrogens is 302 g/mol. The molecule has 0 radical (unpaired) electrons. The first kappa shape index (κ1) is 15.1. The zero-order valence-electron chi connectivity index (χ0n) is 11.0. The summed E-state index contributed by atoms with van der Waals surface area (Å²) in [7, 11) is -2.37. The highest BCUT2D eigenvalue weighted by molar-refractivity contribution is 7.93. The summed E-state index contributed by atoms with van der Waals surface area (Å²) in [6.45, 7) is 0. The Morgan fingerprint density at radius 2 is 2.15 bits per heavy atom. The minimum Gasteiger partial charge on any atom is -0.469 e. The molecule has 0 aliphatic heterocycles. The summed E-state index contributed by atoms with van der Waals surface area (Å²) in [4.78, 5) is 11.6. The number of hydrogen-bond donors (Lipinski definition) is 1. The fourth-order valence-electron chi connectivity index (χ4n) is 2.51. The van der Waals surface area contributed by atoms with E-state index in [-0.39, 0.29) is 0 Å². The van der Waals surface area contributed by atoms with Gasteiger partial charge in [-0.3, -0.25) is 9.52 Å². The lowest BCUT2D eigenvalue weighted by atomic mass is 10.1. The zero-order valence-corrected chi connectivity index (χ0v) is 12.6. The number of benzene rings is 1. The van der Waals surface area contributed by atoms with Crippen LogP contribution in [0.5, 0.6) is 0 Å². The van der Waals surface area contributed by atoms with Gasteiger partial charge in [0.1, 0.15) is 0 Å². The standard InChI is InChI=1S/C13H16ClNO4S/c1-19-13(16)11-6-3-7-12(11)20(17,18)15-10-5-2-4-9(14)8-10/h2,4-5,8,11-12,15H,3,6-7H2,1H3. The summed E-state index contributed by atoms with van der Waals surface area (Å²) in [5.41, 5.74) is 0.396. The molecule has 1 N–H and O–H groups in total. The Kier molecular flexibility index (Phi) is 4.55. The second kappa shape index (κ2) is 6.01. The number of sulfonamides is 1. The lowest BCUT2D eigenvalue weighted by Gasteiger charge is -2.19. The molecular formula is C13H16ClNO4S. The predicted octanol–water partition coefficient (Wildman–Crippen LogP) is 2.42. The minimum absolute atomic E-state index is 0.396. The van der Waals surface area contributed by atoms with Crippen LogP contribution in [0.3, 0.4) is 0 Å². The molecule has 5 nitrogen and oxygen atoms in total. The second-order valence-corrected chi connectivity index (χ2v) is 7.09. The molecule has 2 unspecified atom stereocenters. The van der Waals surface area contributed by atoms with Gasteiger partial charge in [0.15, 0.2) is 0 Å². The van der Waals surface area contributed by atoms with Crippen LogP contribution < -0.4 is 4.72 Å². The van der Waals surface area contributed by atoms with Crippen molar-refractivity contribution in [3.63, 3.8) is 0 Å². The van der Waals surface area contributed by atoms with Crippen molar-refractivity contribution < 1.29 is 17.9 Å². The molecule has 0 bridgehead atoms. The molecule has 1 aliphatic rings. The molecule has 2 atom stereocenters. The van der Waals surface area contributed by atoms with Gasteiger partial charge in [-0.15, -0.1) is 0 Å². The first-order valence-electron chi connectivity index (χ1n) is 6.29. The van der Waals surface area contributed by atoms with Gasteiger partial charge in [-0.05, 0) is 31.0 Å². The molecule has 0 heterocycles. The highest BCUT2D eigenvalue weighted by Crippen LogP contribution is 2.33. The molecule has 1 aromatic rings. The van der Waals surface area contributed by atoms with Crippen molar-refractivity contribution in [3.8, 4) is 0 Å². The molecule has 20 heavy (non-hydrogen) atoms. The molecule has 1 saturated carbocycles. The van der Waals surface area contributed by atoms with Crippen LogP contribution in [-0.2, 0) is 19.6 Å². The van der Waals surface area contributed by atoms with Crippen molar-refractivity contribution in [2.45, 2.75) is 24.5 Å². The quantitative estimate of drug-likeness (QED) is 0.866. The molecule has 0 aromatic heterocycles. The Labute approximate surface area is 123 Å². The number of ether oxygens (including phenoxy) is 1. The summed E-state index contributed by atoms with van der Waals surface area (Å²) >= 11 is 5.83. The maximum Gasteiger partial charge on any atom is 0.310 e. The van der Waals surface area contributed by atoms with Crippen molar-refractivity contribution in [3.05, 3.63) is 29.3 Å². The van der Waals surface area contributed by atoms with Crippen molar-refractivity contribution >= 4 is 33.3 Å². The third-order valence-corrected chi connectivity index (χ3v) is 5.56. The average Bonchev–Trinajstić information content (AvgIpc) is 2.87. The summed E-state index contributed by atoms with van der Waals surface area (Å²) < 4.78 is 31.9. The molecule has 110 valence electrons. The highest BCUT2D eigenvalue weighted by atomic mass is 35.5. The fourth-order valence-corrected chi connectivity index (χ4v) is 4.46. The molecule has 1 fully saturated rings. The van der Waals surface area contributed by atoms with Gasteiger partial charge in [0.05, 0.1) is 18.3 Å². The lowest BCUT2D eigenvalue weighted by Crippen LogP contribution is -2.35. The Hall–Kier alpha value is -1.27. The fraction of sp³-hybridized carbons (Fsp3) is 0.462. The Morgan fingerprint density at radius 3 is 2.80 bits per heavy atom. The van der Waals surface area contributed by atoms with E-state index in [0.29, 0.717) is 30.0 Å². The first-order chi connectivity index (χ1) is 9.44. The van der Waals surface area contributed by atoms with Gasteiger partial charge in [-0.1, -0.05) is 24.1 Å². The van der Waals surface area contributed by atoms with Crippen LogP contribution in [0, 0.1) is 5.92 Å². The van der Waals surface area contributed by atoms with E-state index < -0.39 is 27.2 Å². The second-order valence-electron chi connectivity index (χ2n) is 4.76. The maximum atomic E-state index is 12.4. The third-order valence-electron chi connectivity index (χ3n) is 3.44. The maximum absolute atomic E-state index is 12.4. The summed E-state index contributed by atoms with van der Waals surface area (Å²) in [5, 5.41) is -0.310. The van der Waals surface area contributed by atoms with E-state index in [9.17, 15) is 13.2 Å². The molecule has 0 amide bonds. The summed E-state index contributed by atoms with van der Waals surface area (Å²) in [6, 6.07) is 6.46. The monoisotopic (exact) mass is 317 g/mol. The van der Waals surface area contributed by atoms with Gasteiger partial charge < -0.3 is 4.74 Å². The van der Waals surface area contributed by atoms with E-state index in [1.165, 1.54) is 13.2 Å². The first-order valence-corrected chi connectivity index (χ1v) is 8.21. The molecule has 1 aliphatic carbocycles. The van der Waals surface area contributed by atoms with Crippen LogP contribution in [0.2, 0.25) is 5.02 Å². The highest BCUT2D eigenvalue weighted by Gasteiger charge is 2.42. The largest absolute Gasteiger partial charge is 0.469 e. The van der Waals surface area contributed by atoms with E-state index in [2.05, 4.69) is 9.46 Å². The SMILES string of the molecule is COC(=O)C1CCCC1S(=O)(=O)Nc1cccc(Cl)c1. The van der Waals surface area contributed by atoms with Crippen LogP contribution in [0.15, 0.2) is 24.3 Å². The smallest absolute Gasteiger partial charge is 0.310 e. The number of methoxy groups -OCH3 is 1. The Bertz CT molecular complexity index is 602. The van der Waals surface area contributed by atoms with Crippen LogP contribution in [0.25, 0.3) is 0 Å². The van der Waals surface area contributed by atoms with Crippen molar-refractivity contribution in [1.29, 1.82) is 0 Å². The van der Waals surface area contributed by atoms with E-state index in [1.54, 1.807) is 18.2 Å². The molecule has 1 aromatic carbocycles. The number of carbonyl (C=O) groups is 1. The topological polar surface area (TPSA) is 72.5 Å². The van der Waals surface area contributed by atoms with Crippen LogP contribution >= 0.6 is 11.6 Å². The van der Waals surface area contributed by atoms with Gasteiger partial charge in [-0.2, -0.15) is 0 Å². The molecule has 0 saturated heterocycles. The number of hydrogen-bond acceptors (Lipinski definition) is 4. The predicted molar refractivity (Wildman–Crippen MR) is 77.1 cm³/mol. The molecule has 2 rings (SSSR count). The number of esters is 1. The number of halogens is 1. The van der Waals surface area contributed by atoms with E-state index in [0.717, 1.165) is 0 Å². The van der Waals surface area contributed by atoms with Gasteiger partial charge in [-0.25, -0.2) is 8.42 Å². The number of carbonyl (C=O) groups excluding carboxylic acids is 1. The molecule has 0 spiro atoms. The third kappa shape index (κ3) is 3.24. The van der Waals surface area contributed by atoms with E-state index >= 15 is 0 Å². The van der Waals surface area contributed by atoms with Crippen LogP contribution in [0.1, 0.15) is 19.3 Å². The van der Waals surface area contributed by atoms with Crippen LogP contribution in [-0.4, -0.2) is 26.7 Å². The Morgan fingerprint density at radius 1 is 1.40 bits per heavy atom.